The van der Waals surface area contributed by atoms with E-state index in [1.807, 2.05) is 63.2 Å². The highest BCUT2D eigenvalue weighted by Crippen LogP contribution is 2.29. The van der Waals surface area contributed by atoms with Crippen LogP contribution in [0.15, 0.2) is 70.2 Å². The van der Waals surface area contributed by atoms with E-state index in [9.17, 15) is 4.21 Å². The summed E-state index contributed by atoms with van der Waals surface area (Å²) in [4.78, 5) is 10.1. The first-order valence-electron chi connectivity index (χ1n) is 11.1. The smallest absolute Gasteiger partial charge is 0.187 e. The molecule has 2 heterocycles. The van der Waals surface area contributed by atoms with Gasteiger partial charge in [0.1, 0.15) is 11.4 Å². The third-order valence-electron chi connectivity index (χ3n) is 5.34. The molecule has 0 spiro atoms. The Hall–Kier alpha value is -3.16. The van der Waals surface area contributed by atoms with Crippen molar-refractivity contribution in [1.29, 1.82) is 0 Å². The van der Waals surface area contributed by atoms with Crippen molar-refractivity contribution in [2.24, 2.45) is 0 Å². The van der Waals surface area contributed by atoms with Crippen molar-refractivity contribution in [2.75, 3.05) is 6.54 Å². The van der Waals surface area contributed by atoms with E-state index >= 15 is 0 Å². The molecular formula is C26H28N4O2S. The molecule has 0 aliphatic rings. The molecular weight excluding hydrogens is 432 g/mol. The molecule has 0 radical (unpaired) electrons. The van der Waals surface area contributed by atoms with Crippen molar-refractivity contribution in [3.8, 4) is 34.0 Å². The topological polar surface area (TPSA) is 80.9 Å². The van der Waals surface area contributed by atoms with Crippen LogP contribution in [0.2, 0.25) is 0 Å². The number of nitrogens with zero attached hydrogens (tertiary/aromatic N) is 3. The minimum Gasteiger partial charge on any atom is -0.354 e. The van der Waals surface area contributed by atoms with Crippen molar-refractivity contribution >= 4 is 10.8 Å². The zero-order valence-corrected chi connectivity index (χ0v) is 20.1. The second-order valence-corrected chi connectivity index (χ2v) is 10.1. The average molecular weight is 461 g/mol. The molecule has 0 bridgehead atoms. The fourth-order valence-electron chi connectivity index (χ4n) is 3.44. The lowest BCUT2D eigenvalue weighted by Gasteiger charge is -2.08. The fraction of sp³-hybridized carbons (Fsp3) is 0.269. The molecule has 0 saturated heterocycles. The maximum absolute atomic E-state index is 12.3. The summed E-state index contributed by atoms with van der Waals surface area (Å²) < 4.78 is 18.0. The number of rotatable bonds is 8. The Kier molecular flexibility index (Phi) is 7.11. The Morgan fingerprint density at radius 1 is 1.00 bits per heavy atom. The summed E-state index contributed by atoms with van der Waals surface area (Å²) in [6.45, 7) is 9.68. The van der Waals surface area contributed by atoms with Gasteiger partial charge < -0.3 is 9.84 Å². The molecule has 0 fully saturated rings. The van der Waals surface area contributed by atoms with Gasteiger partial charge in [-0.1, -0.05) is 62.3 Å². The van der Waals surface area contributed by atoms with Crippen LogP contribution >= 0.6 is 0 Å². The van der Waals surface area contributed by atoms with Crippen LogP contribution in [0.3, 0.4) is 0 Å². The SMILES string of the molecule is CCNCc1ccc(-c2cc(-c3nc(-c4ccc(S(=O)C(C)C)cc4)cnc3C)on2)cc1. The Morgan fingerprint density at radius 2 is 1.67 bits per heavy atom. The van der Waals surface area contributed by atoms with Gasteiger partial charge in [0.2, 0.25) is 0 Å². The van der Waals surface area contributed by atoms with E-state index in [1.54, 1.807) is 6.20 Å². The van der Waals surface area contributed by atoms with Gasteiger partial charge in [-0.15, -0.1) is 0 Å². The molecule has 4 rings (SSSR count). The number of benzene rings is 2. The Balaban J connectivity index is 1.59. The summed E-state index contributed by atoms with van der Waals surface area (Å²) in [5.74, 6) is 0.575. The van der Waals surface area contributed by atoms with Crippen LogP contribution < -0.4 is 5.32 Å². The summed E-state index contributed by atoms with van der Waals surface area (Å²) in [5, 5.41) is 7.65. The van der Waals surface area contributed by atoms with E-state index in [4.69, 9.17) is 9.51 Å². The average Bonchev–Trinajstić information content (AvgIpc) is 3.33. The molecule has 1 unspecified atom stereocenters. The number of aromatic nitrogens is 3. The molecule has 2 aromatic carbocycles. The van der Waals surface area contributed by atoms with Crippen LogP contribution in [0.4, 0.5) is 0 Å². The van der Waals surface area contributed by atoms with Gasteiger partial charge in [0.05, 0.1) is 28.4 Å². The molecule has 4 aromatic rings. The highest BCUT2D eigenvalue weighted by atomic mass is 32.2. The van der Waals surface area contributed by atoms with Gasteiger partial charge in [-0.3, -0.25) is 9.19 Å². The first-order chi connectivity index (χ1) is 16.0. The van der Waals surface area contributed by atoms with Gasteiger partial charge in [-0.25, -0.2) is 4.98 Å². The van der Waals surface area contributed by atoms with Gasteiger partial charge in [-0.2, -0.15) is 0 Å². The summed E-state index contributed by atoms with van der Waals surface area (Å²) in [6.07, 6.45) is 1.74. The summed E-state index contributed by atoms with van der Waals surface area (Å²) in [7, 11) is -1.02. The minimum atomic E-state index is -1.02. The van der Waals surface area contributed by atoms with Crippen molar-refractivity contribution < 1.29 is 8.73 Å². The highest BCUT2D eigenvalue weighted by molar-refractivity contribution is 7.85. The van der Waals surface area contributed by atoms with E-state index in [0.29, 0.717) is 11.5 Å². The third-order valence-corrected chi connectivity index (χ3v) is 6.93. The first kappa shape index (κ1) is 23.0. The molecule has 33 heavy (non-hydrogen) atoms. The summed E-state index contributed by atoms with van der Waals surface area (Å²) in [6, 6.07) is 17.8. The Bertz CT molecular complexity index is 1250. The molecule has 6 nitrogen and oxygen atoms in total. The van der Waals surface area contributed by atoms with Gasteiger partial charge in [0, 0.05) is 33.9 Å². The number of hydrogen-bond acceptors (Lipinski definition) is 6. The maximum Gasteiger partial charge on any atom is 0.187 e. The zero-order valence-electron chi connectivity index (χ0n) is 19.3. The molecule has 1 N–H and O–H groups in total. The summed E-state index contributed by atoms with van der Waals surface area (Å²) >= 11 is 0. The highest BCUT2D eigenvalue weighted by Gasteiger charge is 2.15. The molecule has 1 atom stereocenters. The molecule has 0 aliphatic heterocycles. The number of nitrogens with one attached hydrogen (secondary N) is 1. The van der Waals surface area contributed by atoms with Crippen LogP contribution in [0.25, 0.3) is 34.0 Å². The lowest BCUT2D eigenvalue weighted by atomic mass is 10.1. The summed E-state index contributed by atoms with van der Waals surface area (Å²) in [5.41, 5.74) is 6.02. The van der Waals surface area contributed by atoms with E-state index < -0.39 is 10.8 Å². The lowest BCUT2D eigenvalue weighted by Crippen LogP contribution is -2.11. The van der Waals surface area contributed by atoms with E-state index in [1.165, 1.54) is 5.56 Å². The number of hydrogen-bond donors (Lipinski definition) is 1. The second-order valence-electron chi connectivity index (χ2n) is 8.11. The van der Waals surface area contributed by atoms with Crippen molar-refractivity contribution in [3.05, 3.63) is 72.1 Å². The maximum atomic E-state index is 12.3. The standard InChI is InChI=1S/C26H28N4O2S/c1-5-27-15-19-6-8-20(9-7-19)23-14-25(32-30-23)26-18(4)28-16-24(29-26)21-10-12-22(13-11-21)33(31)17(2)3/h6-14,16-17,27H,5,15H2,1-4H3. The molecule has 0 amide bonds. The lowest BCUT2D eigenvalue weighted by molar-refractivity contribution is 0.433. The predicted molar refractivity (Wildman–Crippen MR) is 132 cm³/mol. The fourth-order valence-corrected chi connectivity index (χ4v) is 4.39. The monoisotopic (exact) mass is 460 g/mol. The second kappa shape index (κ2) is 10.2. The van der Waals surface area contributed by atoms with E-state index in [2.05, 4.69) is 34.5 Å². The predicted octanol–water partition coefficient (Wildman–Crippen LogP) is 5.40. The Labute approximate surface area is 196 Å². The normalized spacial score (nSPS) is 12.3. The van der Waals surface area contributed by atoms with Crippen LogP contribution in [-0.2, 0) is 17.3 Å². The molecule has 2 aromatic heterocycles. The van der Waals surface area contributed by atoms with Gasteiger partial charge in [0.25, 0.3) is 0 Å². The molecule has 0 saturated carbocycles. The van der Waals surface area contributed by atoms with Gasteiger partial charge in [0.15, 0.2) is 5.76 Å². The minimum absolute atomic E-state index is 0.0754. The molecule has 7 heteroatoms. The number of aryl methyl sites for hydroxylation is 1. The van der Waals surface area contributed by atoms with Gasteiger partial charge in [-0.05, 0) is 31.2 Å². The van der Waals surface area contributed by atoms with Gasteiger partial charge >= 0.3 is 0 Å². The Morgan fingerprint density at radius 3 is 2.33 bits per heavy atom. The zero-order chi connectivity index (χ0) is 23.4. The van der Waals surface area contributed by atoms with Crippen molar-refractivity contribution in [2.45, 2.75) is 44.4 Å². The third kappa shape index (κ3) is 5.26. The van der Waals surface area contributed by atoms with Crippen LogP contribution in [-0.4, -0.2) is 31.1 Å². The first-order valence-corrected chi connectivity index (χ1v) is 12.3. The van der Waals surface area contributed by atoms with Crippen LogP contribution in [0, 0.1) is 6.92 Å². The van der Waals surface area contributed by atoms with Crippen molar-refractivity contribution in [3.63, 3.8) is 0 Å². The van der Waals surface area contributed by atoms with E-state index in [-0.39, 0.29) is 5.25 Å². The van der Waals surface area contributed by atoms with Crippen molar-refractivity contribution in [1.82, 2.24) is 20.4 Å². The quantitative estimate of drug-likeness (QED) is 0.379. The molecule has 170 valence electrons. The largest absolute Gasteiger partial charge is 0.354 e. The van der Waals surface area contributed by atoms with Crippen LogP contribution in [0.1, 0.15) is 32.0 Å². The van der Waals surface area contributed by atoms with Crippen LogP contribution in [0.5, 0.6) is 0 Å². The van der Waals surface area contributed by atoms with E-state index in [0.717, 1.165) is 46.2 Å². The molecule has 0 aliphatic carbocycles.